The van der Waals surface area contributed by atoms with Gasteiger partial charge in [-0.25, -0.2) is 0 Å². The number of aryl methyl sites for hydroxylation is 1. The van der Waals surface area contributed by atoms with Crippen LogP contribution in [0.25, 0.3) is 0 Å². The quantitative estimate of drug-likeness (QED) is 0.476. The van der Waals surface area contributed by atoms with Crippen molar-refractivity contribution in [3.63, 3.8) is 0 Å². The predicted octanol–water partition coefficient (Wildman–Crippen LogP) is 4.45. The van der Waals surface area contributed by atoms with E-state index in [0.29, 0.717) is 11.8 Å². The van der Waals surface area contributed by atoms with E-state index in [1.54, 1.807) is 24.3 Å². The Morgan fingerprint density at radius 3 is 2.30 bits per heavy atom. The van der Waals surface area contributed by atoms with Crippen LogP contribution in [0.3, 0.4) is 0 Å². The number of hydrogen-bond acceptors (Lipinski definition) is 4. The monoisotopic (exact) mass is 557 g/mol. The maximum atomic E-state index is 13.4. The third-order valence-corrected chi connectivity index (χ3v) is 7.28. The van der Waals surface area contributed by atoms with Gasteiger partial charge in [-0.1, -0.05) is 42.1 Å². The molecule has 1 fully saturated rings. The van der Waals surface area contributed by atoms with E-state index in [1.807, 2.05) is 6.92 Å². The topological polar surface area (TPSA) is 95.6 Å². The standard InChI is InChI=1S/C25H27ClF3N3O4S/c1-16-6-8-18(9-7-16)31-23(34)14-37(36)15-24(35)32(13-22(33)30-17-4-2-3-5-17)19-10-11-21(26)20(12-19)25(27,28)29/h6-12,17H,2-5,13-15H2,1H3,(H,30,33)(H,31,34). The van der Waals surface area contributed by atoms with Gasteiger partial charge in [-0.05, 0) is 50.1 Å². The molecular formula is C25H27ClF3N3O4S. The van der Waals surface area contributed by atoms with Gasteiger partial charge in [-0.3, -0.25) is 18.6 Å². The van der Waals surface area contributed by atoms with Crippen LogP contribution in [0.2, 0.25) is 5.02 Å². The van der Waals surface area contributed by atoms with Crippen molar-refractivity contribution >= 4 is 51.5 Å². The Morgan fingerprint density at radius 1 is 1.03 bits per heavy atom. The first kappa shape index (κ1) is 28.6. The number of anilines is 2. The minimum absolute atomic E-state index is 0.0694. The van der Waals surface area contributed by atoms with E-state index < -0.39 is 63.3 Å². The molecule has 0 heterocycles. The van der Waals surface area contributed by atoms with Gasteiger partial charge >= 0.3 is 6.18 Å². The first-order valence-corrected chi connectivity index (χ1v) is 13.5. The van der Waals surface area contributed by atoms with E-state index in [-0.39, 0.29) is 11.7 Å². The van der Waals surface area contributed by atoms with Gasteiger partial charge in [-0.15, -0.1) is 0 Å². The fourth-order valence-electron chi connectivity index (χ4n) is 3.96. The average Bonchev–Trinajstić information content (AvgIpc) is 3.31. The SMILES string of the molecule is Cc1ccc(NC(=O)CS(=O)CC(=O)N(CC(=O)NC2CCCC2)c2ccc(Cl)c(C(F)(F)F)c2)cc1. The van der Waals surface area contributed by atoms with Crippen molar-refractivity contribution in [1.82, 2.24) is 5.32 Å². The lowest BCUT2D eigenvalue weighted by Gasteiger charge is -2.24. The van der Waals surface area contributed by atoms with Crippen molar-refractivity contribution in [3.8, 4) is 0 Å². The van der Waals surface area contributed by atoms with Crippen LogP contribution >= 0.6 is 11.6 Å². The summed E-state index contributed by atoms with van der Waals surface area (Å²) in [5, 5.41) is 4.80. The molecule has 3 rings (SSSR count). The third-order valence-electron chi connectivity index (χ3n) is 5.80. The Morgan fingerprint density at radius 2 is 1.68 bits per heavy atom. The van der Waals surface area contributed by atoms with E-state index in [4.69, 9.17) is 11.6 Å². The van der Waals surface area contributed by atoms with Crippen LogP contribution in [0.15, 0.2) is 42.5 Å². The van der Waals surface area contributed by atoms with Crippen molar-refractivity contribution in [1.29, 1.82) is 0 Å². The van der Waals surface area contributed by atoms with Crippen molar-refractivity contribution in [2.24, 2.45) is 0 Å². The lowest BCUT2D eigenvalue weighted by Crippen LogP contribution is -2.45. The highest BCUT2D eigenvalue weighted by Gasteiger charge is 2.34. The van der Waals surface area contributed by atoms with Crippen LogP contribution in [0, 0.1) is 6.92 Å². The average molecular weight is 558 g/mol. The number of rotatable bonds is 9. The molecule has 0 aliphatic heterocycles. The summed E-state index contributed by atoms with van der Waals surface area (Å²) in [6.07, 6.45) is -1.34. The molecule has 7 nitrogen and oxygen atoms in total. The normalized spacial score (nSPS) is 14.7. The summed E-state index contributed by atoms with van der Waals surface area (Å²) in [5.74, 6) is -3.17. The molecule has 1 saturated carbocycles. The Kier molecular flexibility index (Phi) is 9.72. The van der Waals surface area contributed by atoms with E-state index in [9.17, 15) is 31.8 Å². The van der Waals surface area contributed by atoms with Crippen LogP contribution in [-0.4, -0.2) is 46.0 Å². The molecule has 1 aliphatic rings. The highest BCUT2D eigenvalue weighted by atomic mass is 35.5. The Labute approximate surface area is 220 Å². The van der Waals surface area contributed by atoms with Crippen LogP contribution in [-0.2, 0) is 31.4 Å². The first-order chi connectivity index (χ1) is 17.4. The predicted molar refractivity (Wildman–Crippen MR) is 137 cm³/mol. The van der Waals surface area contributed by atoms with Crippen LogP contribution in [0.5, 0.6) is 0 Å². The molecule has 0 aromatic heterocycles. The lowest BCUT2D eigenvalue weighted by atomic mass is 10.1. The van der Waals surface area contributed by atoms with E-state index in [2.05, 4.69) is 10.6 Å². The highest BCUT2D eigenvalue weighted by Crippen LogP contribution is 2.37. The summed E-state index contributed by atoms with van der Waals surface area (Å²) < 4.78 is 52.9. The van der Waals surface area contributed by atoms with Gasteiger partial charge in [0.05, 0.1) is 10.6 Å². The van der Waals surface area contributed by atoms with Gasteiger partial charge in [0.2, 0.25) is 17.7 Å². The number of benzene rings is 2. The summed E-state index contributed by atoms with van der Waals surface area (Å²) in [6, 6.07) is 9.69. The molecule has 0 radical (unpaired) electrons. The van der Waals surface area contributed by atoms with Crippen molar-refractivity contribution in [3.05, 3.63) is 58.6 Å². The van der Waals surface area contributed by atoms with Gasteiger partial charge in [0.25, 0.3) is 0 Å². The van der Waals surface area contributed by atoms with Crippen LogP contribution < -0.4 is 15.5 Å². The summed E-state index contributed by atoms with van der Waals surface area (Å²) >= 11 is 5.71. The summed E-state index contributed by atoms with van der Waals surface area (Å²) in [5.41, 5.74) is 0.0914. The van der Waals surface area contributed by atoms with Gasteiger partial charge in [0.1, 0.15) is 18.1 Å². The molecule has 2 aromatic rings. The number of nitrogens with zero attached hydrogens (tertiary/aromatic N) is 1. The summed E-state index contributed by atoms with van der Waals surface area (Å²) in [4.78, 5) is 38.8. The van der Waals surface area contributed by atoms with Crippen LogP contribution in [0.1, 0.15) is 36.8 Å². The Bertz CT molecular complexity index is 1170. The van der Waals surface area contributed by atoms with Gasteiger partial charge in [0, 0.05) is 28.2 Å². The number of carbonyl (C=O) groups excluding carboxylic acids is 3. The van der Waals surface area contributed by atoms with E-state index in [0.717, 1.165) is 42.2 Å². The second kappa shape index (κ2) is 12.6. The summed E-state index contributed by atoms with van der Waals surface area (Å²) in [7, 11) is -1.98. The number of halogens is 4. The second-order valence-electron chi connectivity index (χ2n) is 8.83. The maximum absolute atomic E-state index is 13.4. The lowest BCUT2D eigenvalue weighted by molar-refractivity contribution is -0.137. The number of alkyl halides is 3. The van der Waals surface area contributed by atoms with E-state index in [1.165, 1.54) is 6.07 Å². The molecular weight excluding hydrogens is 531 g/mol. The fourth-order valence-corrected chi connectivity index (χ4v) is 5.08. The molecule has 0 spiro atoms. The molecule has 1 unspecified atom stereocenters. The molecule has 2 aromatic carbocycles. The molecule has 0 saturated heterocycles. The summed E-state index contributed by atoms with van der Waals surface area (Å²) in [6.45, 7) is 1.31. The molecule has 2 N–H and O–H groups in total. The molecule has 1 atom stereocenters. The van der Waals surface area contributed by atoms with Crippen LogP contribution in [0.4, 0.5) is 24.5 Å². The van der Waals surface area contributed by atoms with E-state index >= 15 is 0 Å². The minimum Gasteiger partial charge on any atom is -0.352 e. The molecule has 1 aliphatic carbocycles. The molecule has 3 amide bonds. The minimum atomic E-state index is -4.79. The second-order valence-corrected chi connectivity index (χ2v) is 10.7. The van der Waals surface area contributed by atoms with Crippen molar-refractivity contribution in [2.45, 2.75) is 44.8 Å². The van der Waals surface area contributed by atoms with Gasteiger partial charge < -0.3 is 15.5 Å². The number of carbonyl (C=O) groups is 3. The smallest absolute Gasteiger partial charge is 0.352 e. The molecule has 37 heavy (non-hydrogen) atoms. The van der Waals surface area contributed by atoms with Gasteiger partial charge in [0.15, 0.2) is 0 Å². The number of nitrogens with one attached hydrogen (secondary N) is 2. The number of hydrogen-bond donors (Lipinski definition) is 2. The first-order valence-electron chi connectivity index (χ1n) is 11.6. The zero-order chi connectivity index (χ0) is 27.2. The zero-order valence-corrected chi connectivity index (χ0v) is 21.6. The number of amides is 3. The van der Waals surface area contributed by atoms with Crippen molar-refractivity contribution in [2.75, 3.05) is 28.3 Å². The van der Waals surface area contributed by atoms with Crippen molar-refractivity contribution < 1.29 is 31.8 Å². The zero-order valence-electron chi connectivity index (χ0n) is 20.1. The maximum Gasteiger partial charge on any atom is 0.417 e. The Balaban J connectivity index is 1.73. The Hall–Kier alpha value is -2.92. The van der Waals surface area contributed by atoms with Gasteiger partial charge in [-0.2, -0.15) is 13.2 Å². The molecule has 0 bridgehead atoms. The molecule has 12 heteroatoms. The molecule has 200 valence electrons. The third kappa shape index (κ3) is 8.57. The fraction of sp³-hybridized carbons (Fsp3) is 0.400. The largest absolute Gasteiger partial charge is 0.417 e. The highest BCUT2D eigenvalue weighted by molar-refractivity contribution is 7.86.